The topological polar surface area (TPSA) is 38.3 Å². The number of thioether (sulfide) groups is 1. The van der Waals surface area contributed by atoms with E-state index in [4.69, 9.17) is 4.74 Å². The molecule has 0 saturated carbocycles. The standard InChI is InChI=1S/C12H17NO2S/c1-3-13-12(14)9-16-11-7-5-10(6-8-11)15-4-2/h5-8H,3-4,9H2,1-2H3,(H,13,14). The van der Waals surface area contributed by atoms with Crippen LogP contribution in [-0.4, -0.2) is 24.8 Å². The lowest BCUT2D eigenvalue weighted by molar-refractivity contribution is -0.118. The highest BCUT2D eigenvalue weighted by Crippen LogP contribution is 2.21. The van der Waals surface area contributed by atoms with E-state index >= 15 is 0 Å². The van der Waals surface area contributed by atoms with Crippen LogP contribution in [0, 0.1) is 0 Å². The van der Waals surface area contributed by atoms with Gasteiger partial charge in [0.2, 0.25) is 5.91 Å². The summed E-state index contributed by atoms with van der Waals surface area (Å²) in [5.41, 5.74) is 0. The van der Waals surface area contributed by atoms with Gasteiger partial charge in [0.25, 0.3) is 0 Å². The number of carbonyl (C=O) groups is 1. The van der Waals surface area contributed by atoms with Crippen molar-refractivity contribution in [3.63, 3.8) is 0 Å². The molecule has 0 bridgehead atoms. The average Bonchev–Trinajstić information content (AvgIpc) is 2.29. The van der Waals surface area contributed by atoms with Gasteiger partial charge in [-0.1, -0.05) is 0 Å². The van der Waals surface area contributed by atoms with Gasteiger partial charge in [-0.25, -0.2) is 0 Å². The molecule has 1 N–H and O–H groups in total. The van der Waals surface area contributed by atoms with Gasteiger partial charge in [-0.05, 0) is 38.1 Å². The summed E-state index contributed by atoms with van der Waals surface area (Å²) in [6.07, 6.45) is 0. The molecule has 0 aromatic heterocycles. The van der Waals surface area contributed by atoms with Gasteiger partial charge < -0.3 is 10.1 Å². The fourth-order valence-corrected chi connectivity index (χ4v) is 1.92. The Hall–Kier alpha value is -1.16. The predicted octanol–water partition coefficient (Wildman–Crippen LogP) is 2.31. The highest BCUT2D eigenvalue weighted by molar-refractivity contribution is 8.00. The number of carbonyl (C=O) groups excluding carboxylic acids is 1. The van der Waals surface area contributed by atoms with Crippen LogP contribution in [0.3, 0.4) is 0 Å². The molecule has 1 aromatic rings. The van der Waals surface area contributed by atoms with E-state index in [1.165, 1.54) is 11.8 Å². The molecule has 3 nitrogen and oxygen atoms in total. The van der Waals surface area contributed by atoms with Crippen molar-refractivity contribution >= 4 is 17.7 Å². The third-order valence-electron chi connectivity index (χ3n) is 1.88. The van der Waals surface area contributed by atoms with Crippen molar-refractivity contribution in [1.29, 1.82) is 0 Å². The molecular weight excluding hydrogens is 222 g/mol. The molecule has 1 rings (SSSR count). The van der Waals surface area contributed by atoms with Crippen molar-refractivity contribution in [1.82, 2.24) is 5.32 Å². The molecule has 0 heterocycles. The zero-order valence-electron chi connectivity index (χ0n) is 9.66. The van der Waals surface area contributed by atoms with Gasteiger partial charge in [0, 0.05) is 11.4 Å². The Morgan fingerprint density at radius 3 is 2.56 bits per heavy atom. The molecule has 0 fully saturated rings. The second-order valence-corrected chi connectivity index (χ2v) is 4.20. The molecule has 0 unspecified atom stereocenters. The minimum Gasteiger partial charge on any atom is -0.494 e. The first-order valence-electron chi connectivity index (χ1n) is 5.38. The van der Waals surface area contributed by atoms with Gasteiger partial charge in [-0.15, -0.1) is 11.8 Å². The molecule has 1 aromatic carbocycles. The molecular formula is C12H17NO2S. The van der Waals surface area contributed by atoms with Gasteiger partial charge in [0.15, 0.2) is 0 Å². The minimum atomic E-state index is 0.0707. The first-order chi connectivity index (χ1) is 7.76. The number of nitrogens with one attached hydrogen (secondary N) is 1. The van der Waals surface area contributed by atoms with Crippen LogP contribution in [0.2, 0.25) is 0 Å². The SMILES string of the molecule is CCNC(=O)CSc1ccc(OCC)cc1. The Morgan fingerprint density at radius 1 is 1.31 bits per heavy atom. The van der Waals surface area contributed by atoms with Crippen LogP contribution in [-0.2, 0) is 4.79 Å². The Morgan fingerprint density at radius 2 is 2.00 bits per heavy atom. The number of amides is 1. The molecule has 0 aliphatic rings. The van der Waals surface area contributed by atoms with Gasteiger partial charge in [0.1, 0.15) is 5.75 Å². The zero-order chi connectivity index (χ0) is 11.8. The normalized spacial score (nSPS) is 9.88. The number of rotatable bonds is 6. The Kier molecular flexibility index (Phi) is 5.78. The first kappa shape index (κ1) is 12.9. The third kappa shape index (κ3) is 4.57. The largest absolute Gasteiger partial charge is 0.494 e. The van der Waals surface area contributed by atoms with E-state index < -0.39 is 0 Å². The fourth-order valence-electron chi connectivity index (χ4n) is 1.20. The third-order valence-corrected chi connectivity index (χ3v) is 2.89. The lowest BCUT2D eigenvalue weighted by Gasteiger charge is -2.05. The monoisotopic (exact) mass is 239 g/mol. The summed E-state index contributed by atoms with van der Waals surface area (Å²) in [7, 11) is 0. The van der Waals surface area contributed by atoms with Crippen LogP contribution in [0.25, 0.3) is 0 Å². The summed E-state index contributed by atoms with van der Waals surface area (Å²) in [4.78, 5) is 12.3. The Labute approximate surface area is 101 Å². The van der Waals surface area contributed by atoms with Gasteiger partial charge >= 0.3 is 0 Å². The summed E-state index contributed by atoms with van der Waals surface area (Å²) >= 11 is 1.53. The molecule has 1 amide bonds. The van der Waals surface area contributed by atoms with Crippen LogP contribution in [0.15, 0.2) is 29.2 Å². The van der Waals surface area contributed by atoms with E-state index in [1.807, 2.05) is 38.1 Å². The maximum absolute atomic E-state index is 11.2. The van der Waals surface area contributed by atoms with Crippen molar-refractivity contribution in [2.75, 3.05) is 18.9 Å². The van der Waals surface area contributed by atoms with Crippen LogP contribution < -0.4 is 10.1 Å². The summed E-state index contributed by atoms with van der Waals surface area (Å²) in [5.74, 6) is 1.40. The Balaban J connectivity index is 2.40. The van der Waals surface area contributed by atoms with Crippen molar-refractivity contribution < 1.29 is 9.53 Å². The Bertz CT molecular complexity index is 324. The van der Waals surface area contributed by atoms with Crippen LogP contribution in [0.5, 0.6) is 5.75 Å². The zero-order valence-corrected chi connectivity index (χ0v) is 10.5. The fraction of sp³-hybridized carbons (Fsp3) is 0.417. The van der Waals surface area contributed by atoms with E-state index in [1.54, 1.807) is 0 Å². The molecule has 0 radical (unpaired) electrons. The summed E-state index contributed by atoms with van der Waals surface area (Å²) < 4.78 is 5.34. The first-order valence-corrected chi connectivity index (χ1v) is 6.37. The minimum absolute atomic E-state index is 0.0707. The lowest BCUT2D eigenvalue weighted by Crippen LogP contribution is -2.24. The highest BCUT2D eigenvalue weighted by Gasteiger charge is 2.01. The van der Waals surface area contributed by atoms with E-state index in [2.05, 4.69) is 5.32 Å². The van der Waals surface area contributed by atoms with E-state index in [9.17, 15) is 4.79 Å². The number of benzene rings is 1. The van der Waals surface area contributed by atoms with Gasteiger partial charge in [-0.3, -0.25) is 4.79 Å². The molecule has 0 spiro atoms. The quantitative estimate of drug-likeness (QED) is 0.774. The van der Waals surface area contributed by atoms with E-state index in [0.717, 1.165) is 10.6 Å². The predicted molar refractivity (Wildman–Crippen MR) is 67.0 cm³/mol. The average molecular weight is 239 g/mol. The van der Waals surface area contributed by atoms with Crippen molar-refractivity contribution in [3.05, 3.63) is 24.3 Å². The number of hydrogen-bond acceptors (Lipinski definition) is 3. The second-order valence-electron chi connectivity index (χ2n) is 3.15. The number of hydrogen-bond donors (Lipinski definition) is 1. The van der Waals surface area contributed by atoms with Gasteiger partial charge in [-0.2, -0.15) is 0 Å². The van der Waals surface area contributed by atoms with Crippen molar-refractivity contribution in [3.8, 4) is 5.75 Å². The molecule has 16 heavy (non-hydrogen) atoms. The summed E-state index contributed by atoms with van der Waals surface area (Å²) in [5, 5.41) is 2.76. The smallest absolute Gasteiger partial charge is 0.230 e. The maximum atomic E-state index is 11.2. The van der Waals surface area contributed by atoms with E-state index in [-0.39, 0.29) is 5.91 Å². The highest BCUT2D eigenvalue weighted by atomic mass is 32.2. The molecule has 0 atom stereocenters. The summed E-state index contributed by atoms with van der Waals surface area (Å²) in [6.45, 7) is 5.23. The molecule has 0 aliphatic carbocycles. The van der Waals surface area contributed by atoms with Crippen molar-refractivity contribution in [2.24, 2.45) is 0 Å². The lowest BCUT2D eigenvalue weighted by atomic mass is 10.3. The van der Waals surface area contributed by atoms with Crippen LogP contribution in [0.1, 0.15) is 13.8 Å². The summed E-state index contributed by atoms with van der Waals surface area (Å²) in [6, 6.07) is 7.77. The van der Waals surface area contributed by atoms with E-state index in [0.29, 0.717) is 18.9 Å². The molecule has 0 aliphatic heterocycles. The van der Waals surface area contributed by atoms with Crippen LogP contribution >= 0.6 is 11.8 Å². The van der Waals surface area contributed by atoms with Crippen molar-refractivity contribution in [2.45, 2.75) is 18.7 Å². The maximum Gasteiger partial charge on any atom is 0.230 e. The second kappa shape index (κ2) is 7.17. The molecule has 4 heteroatoms. The number of ether oxygens (including phenoxy) is 1. The van der Waals surface area contributed by atoms with Crippen LogP contribution in [0.4, 0.5) is 0 Å². The van der Waals surface area contributed by atoms with Gasteiger partial charge in [0.05, 0.1) is 12.4 Å². The molecule has 88 valence electrons. The molecule has 0 saturated heterocycles.